The molecule has 3 heterocycles. The molecule has 3 aromatic rings. The van der Waals surface area contributed by atoms with E-state index in [1.807, 2.05) is 10.9 Å². The minimum atomic E-state index is 0.427. The van der Waals surface area contributed by atoms with E-state index >= 15 is 0 Å². The van der Waals surface area contributed by atoms with Gasteiger partial charge in [-0.25, -0.2) is 4.68 Å². The summed E-state index contributed by atoms with van der Waals surface area (Å²) < 4.78 is 4.05. The van der Waals surface area contributed by atoms with Gasteiger partial charge in [-0.2, -0.15) is 10.1 Å². The molecule has 3 rings (SSSR count). The Morgan fingerprint density at radius 3 is 2.90 bits per heavy atom. The van der Waals surface area contributed by atoms with Gasteiger partial charge in [0.25, 0.3) is 0 Å². The van der Waals surface area contributed by atoms with E-state index in [9.17, 15) is 0 Å². The second kappa shape index (κ2) is 5.99. The van der Waals surface area contributed by atoms with Crippen molar-refractivity contribution in [1.29, 1.82) is 0 Å². The molecule has 0 saturated heterocycles. The number of fused-ring (bicyclic) bond motifs is 1. The summed E-state index contributed by atoms with van der Waals surface area (Å²) in [6.07, 6.45) is 5.21. The average molecular weight is 303 g/mol. The van der Waals surface area contributed by atoms with Gasteiger partial charge in [0.15, 0.2) is 10.8 Å². The largest absolute Gasteiger partial charge is 0.311 e. The summed E-state index contributed by atoms with van der Waals surface area (Å²) in [7, 11) is 0. The SMILES string of the molecule is CCCNCc1c(-n2ccc(C(C)C)n2)nc2sccn12. The van der Waals surface area contributed by atoms with E-state index in [1.165, 1.54) is 0 Å². The lowest BCUT2D eigenvalue weighted by molar-refractivity contribution is 0.653. The van der Waals surface area contributed by atoms with Gasteiger partial charge in [-0.3, -0.25) is 4.40 Å². The van der Waals surface area contributed by atoms with Gasteiger partial charge in [-0.05, 0) is 24.9 Å². The first-order valence-electron chi connectivity index (χ1n) is 7.41. The zero-order chi connectivity index (χ0) is 14.8. The predicted octanol–water partition coefficient (Wildman–Crippen LogP) is 3.20. The van der Waals surface area contributed by atoms with E-state index in [0.717, 1.165) is 41.7 Å². The molecule has 0 fully saturated rings. The van der Waals surface area contributed by atoms with E-state index in [2.05, 4.69) is 53.2 Å². The maximum Gasteiger partial charge on any atom is 0.196 e. The Kier molecular flexibility index (Phi) is 4.07. The molecule has 1 N–H and O–H groups in total. The van der Waals surface area contributed by atoms with Crippen molar-refractivity contribution in [2.24, 2.45) is 0 Å². The molecule has 0 atom stereocenters. The van der Waals surface area contributed by atoms with Gasteiger partial charge in [-0.1, -0.05) is 20.8 Å². The summed E-state index contributed by atoms with van der Waals surface area (Å²) in [6.45, 7) is 8.29. The molecule has 0 spiro atoms. The number of hydrogen-bond acceptors (Lipinski definition) is 4. The summed E-state index contributed by atoms with van der Waals surface area (Å²) in [5.41, 5.74) is 2.26. The monoisotopic (exact) mass is 303 g/mol. The molecule has 0 saturated carbocycles. The smallest absolute Gasteiger partial charge is 0.196 e. The molecule has 0 aromatic carbocycles. The maximum atomic E-state index is 4.74. The van der Waals surface area contributed by atoms with E-state index in [1.54, 1.807) is 11.3 Å². The normalized spacial score (nSPS) is 11.8. The molecule has 0 bridgehead atoms. The molecule has 0 amide bonds. The Morgan fingerprint density at radius 2 is 2.19 bits per heavy atom. The Bertz CT molecular complexity index is 721. The quantitative estimate of drug-likeness (QED) is 0.711. The number of imidazole rings is 1. The van der Waals surface area contributed by atoms with Crippen molar-refractivity contribution < 1.29 is 0 Å². The van der Waals surface area contributed by atoms with Crippen LogP contribution in [0.5, 0.6) is 0 Å². The summed E-state index contributed by atoms with van der Waals surface area (Å²) in [5, 5.41) is 10.2. The fourth-order valence-corrected chi connectivity index (χ4v) is 3.04. The van der Waals surface area contributed by atoms with Gasteiger partial charge in [0, 0.05) is 24.3 Å². The maximum absolute atomic E-state index is 4.74. The van der Waals surface area contributed by atoms with Crippen LogP contribution in [0.4, 0.5) is 0 Å². The van der Waals surface area contributed by atoms with Crippen molar-refractivity contribution in [3.63, 3.8) is 0 Å². The number of aromatic nitrogens is 4. The van der Waals surface area contributed by atoms with Crippen LogP contribution in [0.15, 0.2) is 23.8 Å². The number of nitrogens with zero attached hydrogens (tertiary/aromatic N) is 4. The van der Waals surface area contributed by atoms with Crippen LogP contribution < -0.4 is 5.32 Å². The van der Waals surface area contributed by atoms with Gasteiger partial charge in [0.1, 0.15) is 0 Å². The molecule has 6 heteroatoms. The van der Waals surface area contributed by atoms with Crippen LogP contribution in [-0.4, -0.2) is 25.7 Å². The van der Waals surface area contributed by atoms with Gasteiger partial charge >= 0.3 is 0 Å². The first kappa shape index (κ1) is 14.3. The lowest BCUT2D eigenvalue weighted by Gasteiger charge is -2.06. The van der Waals surface area contributed by atoms with Gasteiger partial charge in [0.2, 0.25) is 0 Å². The Hall–Kier alpha value is -1.66. The molecule has 5 nitrogen and oxygen atoms in total. The zero-order valence-electron chi connectivity index (χ0n) is 12.7. The summed E-state index contributed by atoms with van der Waals surface area (Å²) in [6, 6.07) is 2.07. The van der Waals surface area contributed by atoms with Gasteiger partial charge in [-0.15, -0.1) is 11.3 Å². The second-order valence-electron chi connectivity index (χ2n) is 5.45. The molecular weight excluding hydrogens is 282 g/mol. The lowest BCUT2D eigenvalue weighted by atomic mass is 10.1. The predicted molar refractivity (Wildman–Crippen MR) is 86.3 cm³/mol. The van der Waals surface area contributed by atoms with Gasteiger partial charge in [0.05, 0.1) is 11.4 Å². The fourth-order valence-electron chi connectivity index (χ4n) is 2.32. The Morgan fingerprint density at radius 1 is 1.33 bits per heavy atom. The summed E-state index contributed by atoms with van der Waals surface area (Å²) in [5.74, 6) is 1.36. The van der Waals surface area contributed by atoms with E-state index in [-0.39, 0.29) is 0 Å². The third-order valence-corrected chi connectivity index (χ3v) is 4.23. The van der Waals surface area contributed by atoms with Crippen molar-refractivity contribution >= 4 is 16.3 Å². The van der Waals surface area contributed by atoms with Crippen molar-refractivity contribution in [2.45, 2.75) is 39.7 Å². The van der Waals surface area contributed by atoms with Crippen LogP contribution in [-0.2, 0) is 6.54 Å². The highest BCUT2D eigenvalue weighted by Gasteiger charge is 2.16. The average Bonchev–Trinajstić information content (AvgIpc) is 3.13. The van der Waals surface area contributed by atoms with E-state index in [4.69, 9.17) is 4.98 Å². The highest BCUT2D eigenvalue weighted by molar-refractivity contribution is 7.15. The minimum Gasteiger partial charge on any atom is -0.311 e. The van der Waals surface area contributed by atoms with Crippen LogP contribution in [0.25, 0.3) is 10.8 Å². The van der Waals surface area contributed by atoms with Crippen molar-refractivity contribution in [3.8, 4) is 5.82 Å². The van der Waals surface area contributed by atoms with Crippen LogP contribution in [0.1, 0.15) is 44.5 Å². The zero-order valence-corrected chi connectivity index (χ0v) is 13.5. The van der Waals surface area contributed by atoms with Crippen LogP contribution in [0.2, 0.25) is 0 Å². The number of thiazole rings is 1. The van der Waals surface area contributed by atoms with Crippen molar-refractivity contribution in [3.05, 3.63) is 35.2 Å². The van der Waals surface area contributed by atoms with Crippen LogP contribution in [0.3, 0.4) is 0 Å². The topological polar surface area (TPSA) is 47.2 Å². The van der Waals surface area contributed by atoms with Crippen molar-refractivity contribution in [1.82, 2.24) is 24.5 Å². The fraction of sp³-hybridized carbons (Fsp3) is 0.467. The molecule has 21 heavy (non-hydrogen) atoms. The van der Waals surface area contributed by atoms with Crippen LogP contribution in [0, 0.1) is 0 Å². The Labute approximate surface area is 128 Å². The standard InChI is InChI=1S/C15H21N5S/c1-4-6-16-10-13-14(17-15-19(13)8-9-21-15)20-7-5-12(18-20)11(2)3/h5,7-9,11,16H,4,6,10H2,1-3H3. The molecule has 3 aromatic heterocycles. The molecule has 0 aliphatic heterocycles. The summed E-state index contributed by atoms with van der Waals surface area (Å²) in [4.78, 5) is 5.75. The molecule has 0 aliphatic carbocycles. The molecule has 112 valence electrons. The first-order valence-corrected chi connectivity index (χ1v) is 8.29. The third-order valence-electron chi connectivity index (χ3n) is 3.48. The van der Waals surface area contributed by atoms with Crippen molar-refractivity contribution in [2.75, 3.05) is 6.54 Å². The second-order valence-corrected chi connectivity index (χ2v) is 6.33. The van der Waals surface area contributed by atoms with E-state index in [0.29, 0.717) is 5.92 Å². The minimum absolute atomic E-state index is 0.427. The Balaban J connectivity index is 1.99. The molecule has 0 radical (unpaired) electrons. The molecule has 0 unspecified atom stereocenters. The summed E-state index contributed by atoms with van der Waals surface area (Å²) >= 11 is 1.65. The lowest BCUT2D eigenvalue weighted by Crippen LogP contribution is -2.16. The molecule has 0 aliphatic rings. The van der Waals surface area contributed by atoms with Crippen LogP contribution >= 0.6 is 11.3 Å². The highest BCUT2D eigenvalue weighted by Crippen LogP contribution is 2.21. The highest BCUT2D eigenvalue weighted by atomic mass is 32.1. The number of rotatable bonds is 6. The third kappa shape index (κ3) is 2.73. The van der Waals surface area contributed by atoms with Gasteiger partial charge < -0.3 is 5.32 Å². The number of nitrogens with one attached hydrogen (secondary N) is 1. The number of hydrogen-bond donors (Lipinski definition) is 1. The molecular formula is C15H21N5S. The van der Waals surface area contributed by atoms with E-state index < -0.39 is 0 Å². The first-order chi connectivity index (χ1) is 10.2.